The van der Waals surface area contributed by atoms with Gasteiger partial charge in [0.05, 0.1) is 17.6 Å². The normalized spacial score (nSPS) is 11.0. The molecule has 3 aromatic rings. The lowest BCUT2D eigenvalue weighted by Gasteiger charge is -2.10. The largest absolute Gasteiger partial charge is 0.494 e. The Morgan fingerprint density at radius 3 is 2.54 bits per heavy atom. The maximum atomic E-state index is 5.77. The summed E-state index contributed by atoms with van der Waals surface area (Å²) in [6.45, 7) is 2.42. The highest BCUT2D eigenvalue weighted by atomic mass is 16.5. The first-order valence-corrected chi connectivity index (χ1v) is 8.70. The van der Waals surface area contributed by atoms with Gasteiger partial charge >= 0.3 is 0 Å². The molecule has 126 valence electrons. The van der Waals surface area contributed by atoms with Crippen LogP contribution in [0.3, 0.4) is 0 Å². The number of fused-ring (bicyclic) bond motifs is 1. The minimum Gasteiger partial charge on any atom is -0.494 e. The Labute approximate surface area is 143 Å². The highest BCUT2D eigenvalue weighted by Crippen LogP contribution is 2.18. The molecular formula is C20H25N3O. The van der Waals surface area contributed by atoms with Gasteiger partial charge in [-0.15, -0.1) is 0 Å². The fraction of sp³-hybridized carbons (Fsp3) is 0.350. The Kier molecular flexibility index (Phi) is 5.85. The van der Waals surface area contributed by atoms with E-state index in [-0.39, 0.29) is 0 Å². The number of imidazole rings is 1. The summed E-state index contributed by atoms with van der Waals surface area (Å²) in [6, 6.07) is 18.3. The first-order valence-electron chi connectivity index (χ1n) is 8.70. The molecular weight excluding hydrogens is 298 g/mol. The number of hydrogen-bond acceptors (Lipinski definition) is 3. The van der Waals surface area contributed by atoms with Gasteiger partial charge < -0.3 is 15.0 Å². The van der Waals surface area contributed by atoms with Gasteiger partial charge in [-0.05, 0) is 50.1 Å². The molecule has 4 nitrogen and oxygen atoms in total. The molecule has 0 unspecified atom stereocenters. The fourth-order valence-electron chi connectivity index (χ4n) is 2.90. The van der Waals surface area contributed by atoms with Crippen LogP contribution in [-0.4, -0.2) is 22.7 Å². The number of aromatic nitrogens is 2. The number of unbranched alkanes of at least 4 members (excludes halogenated alkanes) is 1. The number of para-hydroxylation sites is 3. The molecule has 1 heterocycles. The number of aryl methyl sites for hydroxylation is 2. The Hall–Kier alpha value is -2.33. The number of hydrogen-bond donors (Lipinski definition) is 1. The molecule has 0 aliphatic carbocycles. The number of benzene rings is 2. The van der Waals surface area contributed by atoms with Gasteiger partial charge in [-0.2, -0.15) is 0 Å². The van der Waals surface area contributed by atoms with Crippen molar-refractivity contribution in [3.05, 3.63) is 60.4 Å². The van der Waals surface area contributed by atoms with Crippen LogP contribution in [-0.2, 0) is 13.0 Å². The minimum atomic E-state index is 0.703. The summed E-state index contributed by atoms with van der Waals surface area (Å²) in [4.78, 5) is 4.77. The SMILES string of the molecule is NCCCc1nc2ccccc2n1CCCCOc1ccccc1. The van der Waals surface area contributed by atoms with E-state index in [1.54, 1.807) is 0 Å². The molecule has 0 bridgehead atoms. The number of ether oxygens (including phenoxy) is 1. The van der Waals surface area contributed by atoms with Crippen molar-refractivity contribution in [3.8, 4) is 5.75 Å². The Bertz CT molecular complexity index is 752. The van der Waals surface area contributed by atoms with Crippen molar-refractivity contribution in [2.24, 2.45) is 5.73 Å². The standard InChI is InChI=1S/C20H25N3O/c21-14-8-13-20-22-18-11-4-5-12-19(18)23(20)15-6-7-16-24-17-9-2-1-3-10-17/h1-5,9-12H,6-8,13-16,21H2. The van der Waals surface area contributed by atoms with E-state index < -0.39 is 0 Å². The van der Waals surface area contributed by atoms with Crippen molar-refractivity contribution in [2.75, 3.05) is 13.2 Å². The maximum absolute atomic E-state index is 5.77. The predicted molar refractivity (Wildman–Crippen MR) is 98.3 cm³/mol. The topological polar surface area (TPSA) is 53.1 Å². The Balaban J connectivity index is 1.57. The van der Waals surface area contributed by atoms with Gasteiger partial charge in [-0.1, -0.05) is 30.3 Å². The van der Waals surface area contributed by atoms with Crippen LogP contribution in [0.5, 0.6) is 5.75 Å². The molecule has 0 radical (unpaired) electrons. The molecule has 0 fully saturated rings. The molecule has 0 atom stereocenters. The van der Waals surface area contributed by atoms with Crippen LogP contribution in [0, 0.1) is 0 Å². The van der Waals surface area contributed by atoms with E-state index in [0.29, 0.717) is 6.54 Å². The van der Waals surface area contributed by atoms with E-state index in [9.17, 15) is 0 Å². The second-order valence-electron chi connectivity index (χ2n) is 5.93. The van der Waals surface area contributed by atoms with Crippen molar-refractivity contribution in [1.29, 1.82) is 0 Å². The first kappa shape index (κ1) is 16.5. The zero-order valence-electron chi connectivity index (χ0n) is 14.0. The van der Waals surface area contributed by atoms with E-state index in [1.807, 2.05) is 36.4 Å². The molecule has 4 heteroatoms. The average Bonchev–Trinajstić information content (AvgIpc) is 2.98. The molecule has 0 aliphatic heterocycles. The number of rotatable bonds is 9. The molecule has 3 rings (SSSR count). The highest BCUT2D eigenvalue weighted by molar-refractivity contribution is 5.75. The molecule has 0 amide bonds. The smallest absolute Gasteiger partial charge is 0.119 e. The van der Waals surface area contributed by atoms with Gasteiger partial charge in [-0.3, -0.25) is 0 Å². The number of nitrogens with zero attached hydrogens (tertiary/aromatic N) is 2. The zero-order chi connectivity index (χ0) is 16.6. The second kappa shape index (κ2) is 8.50. The third-order valence-electron chi connectivity index (χ3n) is 4.13. The molecule has 1 aromatic heterocycles. The van der Waals surface area contributed by atoms with E-state index in [2.05, 4.69) is 22.8 Å². The summed E-state index contributed by atoms with van der Waals surface area (Å²) < 4.78 is 8.11. The van der Waals surface area contributed by atoms with Crippen LogP contribution in [0.2, 0.25) is 0 Å². The summed E-state index contributed by atoms with van der Waals surface area (Å²) in [6.07, 6.45) is 4.01. The number of nitrogens with two attached hydrogens (primary N) is 1. The summed E-state index contributed by atoms with van der Waals surface area (Å²) in [7, 11) is 0. The van der Waals surface area contributed by atoms with Crippen LogP contribution < -0.4 is 10.5 Å². The van der Waals surface area contributed by atoms with Crippen molar-refractivity contribution < 1.29 is 4.74 Å². The van der Waals surface area contributed by atoms with Crippen LogP contribution in [0.25, 0.3) is 11.0 Å². The van der Waals surface area contributed by atoms with Crippen LogP contribution >= 0.6 is 0 Å². The second-order valence-corrected chi connectivity index (χ2v) is 5.93. The van der Waals surface area contributed by atoms with E-state index >= 15 is 0 Å². The zero-order valence-corrected chi connectivity index (χ0v) is 14.0. The van der Waals surface area contributed by atoms with Gasteiger partial charge in [0.25, 0.3) is 0 Å². The monoisotopic (exact) mass is 323 g/mol. The van der Waals surface area contributed by atoms with Crippen LogP contribution in [0.1, 0.15) is 25.1 Å². The predicted octanol–water partition coefficient (Wildman–Crippen LogP) is 3.79. The van der Waals surface area contributed by atoms with Crippen LogP contribution in [0.15, 0.2) is 54.6 Å². The highest BCUT2D eigenvalue weighted by Gasteiger charge is 2.09. The van der Waals surface area contributed by atoms with Crippen molar-refractivity contribution in [3.63, 3.8) is 0 Å². The lowest BCUT2D eigenvalue weighted by molar-refractivity contribution is 0.303. The maximum Gasteiger partial charge on any atom is 0.119 e. The lowest BCUT2D eigenvalue weighted by Crippen LogP contribution is -2.08. The van der Waals surface area contributed by atoms with Gasteiger partial charge in [0.15, 0.2) is 0 Å². The van der Waals surface area contributed by atoms with Crippen molar-refractivity contribution in [1.82, 2.24) is 9.55 Å². The molecule has 2 aromatic carbocycles. The molecule has 0 saturated heterocycles. The molecule has 0 saturated carbocycles. The fourth-order valence-corrected chi connectivity index (χ4v) is 2.90. The summed E-state index contributed by atoms with van der Waals surface area (Å²) in [5.74, 6) is 2.08. The first-order chi connectivity index (χ1) is 11.9. The van der Waals surface area contributed by atoms with Crippen molar-refractivity contribution in [2.45, 2.75) is 32.2 Å². The van der Waals surface area contributed by atoms with Gasteiger partial charge in [0, 0.05) is 13.0 Å². The molecule has 0 aliphatic rings. The lowest BCUT2D eigenvalue weighted by atomic mass is 10.2. The summed E-state index contributed by atoms with van der Waals surface area (Å²) in [5.41, 5.74) is 7.95. The van der Waals surface area contributed by atoms with Gasteiger partial charge in [-0.25, -0.2) is 4.98 Å². The van der Waals surface area contributed by atoms with E-state index in [4.69, 9.17) is 15.5 Å². The van der Waals surface area contributed by atoms with Gasteiger partial charge in [0.2, 0.25) is 0 Å². The van der Waals surface area contributed by atoms with E-state index in [0.717, 1.165) is 55.9 Å². The average molecular weight is 323 g/mol. The molecule has 2 N–H and O–H groups in total. The van der Waals surface area contributed by atoms with E-state index in [1.165, 1.54) is 5.52 Å². The van der Waals surface area contributed by atoms with Crippen molar-refractivity contribution >= 4 is 11.0 Å². The van der Waals surface area contributed by atoms with Gasteiger partial charge in [0.1, 0.15) is 11.6 Å². The third-order valence-corrected chi connectivity index (χ3v) is 4.13. The quantitative estimate of drug-likeness (QED) is 0.610. The van der Waals surface area contributed by atoms with Crippen LogP contribution in [0.4, 0.5) is 0 Å². The third kappa shape index (κ3) is 4.15. The summed E-state index contributed by atoms with van der Waals surface area (Å²) >= 11 is 0. The molecule has 24 heavy (non-hydrogen) atoms. The summed E-state index contributed by atoms with van der Waals surface area (Å²) in [5, 5.41) is 0. The molecule has 0 spiro atoms. The Morgan fingerprint density at radius 2 is 1.71 bits per heavy atom. The Morgan fingerprint density at radius 1 is 0.917 bits per heavy atom. The minimum absolute atomic E-state index is 0.703.